The van der Waals surface area contributed by atoms with Gasteiger partial charge >= 0.3 is 5.97 Å². The Bertz CT molecular complexity index is 616. The van der Waals surface area contributed by atoms with E-state index in [1.165, 1.54) is 0 Å². The minimum Gasteiger partial charge on any atom is -0.480 e. The number of carbonyl (C=O) groups is 5. The van der Waals surface area contributed by atoms with Crippen molar-refractivity contribution >= 4 is 42.2 Å². The van der Waals surface area contributed by atoms with Crippen LogP contribution in [0.3, 0.4) is 0 Å². The number of nitrogens with one attached hydrogen (secondary N) is 3. The summed E-state index contributed by atoms with van der Waals surface area (Å²) < 4.78 is 0. The summed E-state index contributed by atoms with van der Waals surface area (Å²) in [5, 5.41) is 25.3. The number of hydrogen-bond donors (Lipinski definition) is 8. The number of hydrogen-bond acceptors (Lipinski definition) is 8. The van der Waals surface area contributed by atoms with E-state index < -0.39 is 66.3 Å². The first-order valence-electron chi connectivity index (χ1n) is 8.84. The lowest BCUT2D eigenvalue weighted by atomic mass is 10.0. The molecule has 0 radical (unpaired) electrons. The number of thiol groups is 1. The number of aliphatic carboxylic acids is 1. The van der Waals surface area contributed by atoms with Gasteiger partial charge < -0.3 is 37.6 Å². The molecule has 0 saturated heterocycles. The van der Waals surface area contributed by atoms with Crippen molar-refractivity contribution in [3.63, 3.8) is 0 Å². The van der Waals surface area contributed by atoms with E-state index in [0.29, 0.717) is 0 Å². The van der Waals surface area contributed by atoms with Crippen LogP contribution in [0.5, 0.6) is 0 Å². The van der Waals surface area contributed by atoms with Crippen LogP contribution in [0.25, 0.3) is 0 Å². The lowest BCUT2D eigenvalue weighted by molar-refractivity contribution is -0.142. The van der Waals surface area contributed by atoms with Crippen LogP contribution in [0.15, 0.2) is 0 Å². The van der Waals surface area contributed by atoms with E-state index in [2.05, 4.69) is 28.6 Å². The Morgan fingerprint density at radius 3 is 1.93 bits per heavy atom. The zero-order valence-corrected chi connectivity index (χ0v) is 17.1. The second kappa shape index (κ2) is 13.0. The van der Waals surface area contributed by atoms with Gasteiger partial charge in [0.25, 0.3) is 0 Å². The predicted molar refractivity (Wildman–Crippen MR) is 106 cm³/mol. The highest BCUT2D eigenvalue weighted by molar-refractivity contribution is 7.80. The normalized spacial score (nSPS) is 15.0. The zero-order chi connectivity index (χ0) is 22.7. The highest BCUT2D eigenvalue weighted by Crippen LogP contribution is 2.04. The minimum absolute atomic E-state index is 0.0434. The molecule has 4 unspecified atom stereocenters. The van der Waals surface area contributed by atoms with E-state index in [1.54, 1.807) is 13.8 Å². The van der Waals surface area contributed by atoms with Crippen LogP contribution in [0, 0.1) is 5.92 Å². The lowest BCUT2D eigenvalue weighted by Crippen LogP contribution is -2.59. The van der Waals surface area contributed by atoms with Gasteiger partial charge in [-0.05, 0) is 12.3 Å². The fourth-order valence-corrected chi connectivity index (χ4v) is 2.38. The first-order valence-corrected chi connectivity index (χ1v) is 9.47. The topological polar surface area (TPSA) is 214 Å². The maximum Gasteiger partial charge on any atom is 0.327 e. The molecule has 0 saturated carbocycles. The molecule has 29 heavy (non-hydrogen) atoms. The van der Waals surface area contributed by atoms with Gasteiger partial charge in [-0.25, -0.2) is 4.79 Å². The average molecular weight is 436 g/mol. The van der Waals surface area contributed by atoms with Gasteiger partial charge in [0.05, 0.1) is 12.6 Å². The van der Waals surface area contributed by atoms with Gasteiger partial charge in [0, 0.05) is 12.2 Å². The Morgan fingerprint density at radius 2 is 1.52 bits per heavy atom. The van der Waals surface area contributed by atoms with Gasteiger partial charge in [0.15, 0.2) is 0 Å². The smallest absolute Gasteiger partial charge is 0.327 e. The Balaban J connectivity index is 5.04. The monoisotopic (exact) mass is 435 g/mol. The number of primary amides is 1. The highest BCUT2D eigenvalue weighted by atomic mass is 32.1. The summed E-state index contributed by atoms with van der Waals surface area (Å²) in [6.07, 6.45) is -0.172. The fraction of sp³-hybridized carbons (Fsp3) is 0.688. The first-order chi connectivity index (χ1) is 13.4. The van der Waals surface area contributed by atoms with Gasteiger partial charge in [0.1, 0.15) is 18.1 Å². The van der Waals surface area contributed by atoms with E-state index in [1.807, 2.05) is 0 Å². The van der Waals surface area contributed by atoms with Crippen LogP contribution in [-0.4, -0.2) is 76.3 Å². The molecule has 0 rings (SSSR count). The van der Waals surface area contributed by atoms with Crippen LogP contribution < -0.4 is 27.4 Å². The number of aliphatic hydroxyl groups is 1. The van der Waals surface area contributed by atoms with Crippen LogP contribution in [0.4, 0.5) is 0 Å². The number of carboxylic acids is 1. The van der Waals surface area contributed by atoms with Crippen LogP contribution >= 0.6 is 12.6 Å². The second-order valence-corrected chi connectivity index (χ2v) is 7.03. The largest absolute Gasteiger partial charge is 0.480 e. The van der Waals surface area contributed by atoms with Crippen molar-refractivity contribution in [3.05, 3.63) is 0 Å². The molecule has 0 aromatic carbocycles. The Morgan fingerprint density at radius 1 is 0.966 bits per heavy atom. The molecule has 0 aromatic heterocycles. The maximum atomic E-state index is 12.4. The van der Waals surface area contributed by atoms with E-state index in [0.717, 1.165) is 0 Å². The molecule has 0 spiro atoms. The fourth-order valence-electron chi connectivity index (χ4n) is 2.14. The molecule has 0 aliphatic rings. The highest BCUT2D eigenvalue weighted by Gasteiger charge is 2.31. The van der Waals surface area contributed by atoms with Crippen LogP contribution in [0.1, 0.15) is 26.7 Å². The molecule has 166 valence electrons. The van der Waals surface area contributed by atoms with Crippen molar-refractivity contribution in [2.24, 2.45) is 17.4 Å². The van der Waals surface area contributed by atoms with Crippen molar-refractivity contribution in [2.45, 2.75) is 50.9 Å². The Kier molecular flexibility index (Phi) is 11.9. The molecule has 0 heterocycles. The molecular formula is C16H29N5O7S. The molecular weight excluding hydrogens is 406 g/mol. The summed E-state index contributed by atoms with van der Waals surface area (Å²) in [6.45, 7) is 2.46. The molecule has 4 amide bonds. The summed E-state index contributed by atoms with van der Waals surface area (Å²) in [5.74, 6) is -4.92. The van der Waals surface area contributed by atoms with E-state index in [-0.39, 0.29) is 18.6 Å². The minimum atomic E-state index is -1.41. The van der Waals surface area contributed by atoms with Crippen molar-refractivity contribution in [1.82, 2.24) is 16.0 Å². The molecule has 0 aliphatic carbocycles. The van der Waals surface area contributed by atoms with Gasteiger partial charge in [-0.1, -0.05) is 13.8 Å². The number of carboxylic acid groups (broad SMARTS) is 1. The number of aliphatic hydroxyl groups excluding tert-OH is 1. The Hall–Kier alpha value is -2.38. The third kappa shape index (κ3) is 9.58. The molecule has 0 bridgehead atoms. The summed E-state index contributed by atoms with van der Waals surface area (Å²) in [4.78, 5) is 58.5. The molecule has 9 N–H and O–H groups in total. The van der Waals surface area contributed by atoms with E-state index in [9.17, 15) is 29.1 Å². The van der Waals surface area contributed by atoms with Crippen LogP contribution in [0.2, 0.25) is 0 Å². The van der Waals surface area contributed by atoms with E-state index >= 15 is 0 Å². The summed E-state index contributed by atoms with van der Waals surface area (Å²) in [5.41, 5.74) is 10.6. The maximum absolute atomic E-state index is 12.4. The van der Waals surface area contributed by atoms with Crippen LogP contribution in [-0.2, 0) is 24.0 Å². The molecule has 0 aliphatic heterocycles. The third-order valence-corrected chi connectivity index (χ3v) is 4.26. The summed E-state index contributed by atoms with van der Waals surface area (Å²) >= 11 is 3.85. The molecule has 0 fully saturated rings. The standard InChI is InChI=1S/C16H29N5O7S/c1-7(2)12(15(26)20-10(6-29)16(27)28)21-14(25)9(5-22)19-13(24)8(17)3-4-11(18)23/h7-10,12,22,29H,3-6,17H2,1-2H3,(H2,18,23)(H,19,24)(H,20,26)(H,21,25)(H,27,28). The molecule has 0 aromatic rings. The lowest BCUT2D eigenvalue weighted by Gasteiger charge is -2.26. The first kappa shape index (κ1) is 26.6. The summed E-state index contributed by atoms with van der Waals surface area (Å²) in [7, 11) is 0. The van der Waals surface area contributed by atoms with Crippen molar-refractivity contribution in [2.75, 3.05) is 12.4 Å². The predicted octanol–water partition coefficient (Wildman–Crippen LogP) is -3.30. The quantitative estimate of drug-likeness (QED) is 0.137. The third-order valence-electron chi connectivity index (χ3n) is 3.90. The van der Waals surface area contributed by atoms with E-state index in [4.69, 9.17) is 16.6 Å². The zero-order valence-electron chi connectivity index (χ0n) is 16.3. The Labute approximate surface area is 173 Å². The number of nitrogens with two attached hydrogens (primary N) is 2. The molecule has 4 atom stereocenters. The van der Waals surface area contributed by atoms with Gasteiger partial charge in [-0.2, -0.15) is 12.6 Å². The van der Waals surface area contributed by atoms with Gasteiger partial charge in [0.2, 0.25) is 23.6 Å². The molecule has 12 nitrogen and oxygen atoms in total. The number of amides is 4. The SMILES string of the molecule is CC(C)C(NC(=O)C(CO)NC(=O)C(N)CCC(N)=O)C(=O)NC(CS)C(=O)O. The number of rotatable bonds is 13. The average Bonchev–Trinajstić information content (AvgIpc) is 2.64. The van der Waals surface area contributed by atoms with Gasteiger partial charge in [-0.3, -0.25) is 19.2 Å². The number of carbonyl (C=O) groups excluding carboxylic acids is 4. The molecule has 13 heteroatoms. The van der Waals surface area contributed by atoms with Gasteiger partial charge in [-0.15, -0.1) is 0 Å². The van der Waals surface area contributed by atoms with Crippen molar-refractivity contribution in [1.29, 1.82) is 0 Å². The van der Waals surface area contributed by atoms with Crippen molar-refractivity contribution in [3.8, 4) is 0 Å². The summed E-state index contributed by atoms with van der Waals surface area (Å²) in [6, 6.07) is -4.91. The second-order valence-electron chi connectivity index (χ2n) is 6.67. The van der Waals surface area contributed by atoms with Crippen molar-refractivity contribution < 1.29 is 34.2 Å².